The fraction of sp³-hybridized carbons (Fsp3) is 0.389. The molecule has 0 unspecified atom stereocenters. The maximum Gasteiger partial charge on any atom is 0.237 e. The number of aromatic nitrogens is 4. The molecule has 1 N–H and O–H groups in total. The quantitative estimate of drug-likeness (QED) is 0.652. The van der Waals surface area contributed by atoms with Gasteiger partial charge in [0.2, 0.25) is 5.89 Å². The van der Waals surface area contributed by atoms with Crippen LogP contribution in [0.2, 0.25) is 0 Å². The van der Waals surface area contributed by atoms with Crippen LogP contribution in [0.25, 0.3) is 0 Å². The fourth-order valence-corrected chi connectivity index (χ4v) is 3.20. The topological polar surface area (TPSA) is 67.6 Å². The molecule has 6 heteroatoms. The lowest BCUT2D eigenvalue weighted by atomic mass is 10.1. The minimum Gasteiger partial charge on any atom is -0.338 e. The van der Waals surface area contributed by atoms with Crippen LogP contribution in [0.1, 0.15) is 42.5 Å². The molecule has 0 saturated heterocycles. The van der Waals surface area contributed by atoms with E-state index in [1.807, 2.05) is 6.07 Å². The van der Waals surface area contributed by atoms with Crippen molar-refractivity contribution < 1.29 is 4.52 Å². The summed E-state index contributed by atoms with van der Waals surface area (Å²) in [6, 6.07) is 10.4. The van der Waals surface area contributed by atoms with E-state index in [0.717, 1.165) is 35.2 Å². The number of benzene rings is 1. The Kier molecular flexibility index (Phi) is 5.35. The number of hydrogen-bond donors (Lipinski definition) is 1. The van der Waals surface area contributed by atoms with Gasteiger partial charge in [-0.2, -0.15) is 4.98 Å². The predicted octanol–water partition coefficient (Wildman–Crippen LogP) is 4.18. The van der Waals surface area contributed by atoms with Crippen molar-refractivity contribution in [1.29, 1.82) is 0 Å². The molecule has 2 aromatic heterocycles. The summed E-state index contributed by atoms with van der Waals surface area (Å²) in [7, 11) is 0. The first-order valence-electron chi connectivity index (χ1n) is 8.14. The van der Waals surface area contributed by atoms with Crippen molar-refractivity contribution in [3.05, 3.63) is 59.0 Å². The van der Waals surface area contributed by atoms with Gasteiger partial charge < -0.3 is 9.51 Å². The zero-order valence-electron chi connectivity index (χ0n) is 14.2. The molecular formula is C18H22N4OS. The largest absolute Gasteiger partial charge is 0.338 e. The summed E-state index contributed by atoms with van der Waals surface area (Å²) in [6.07, 6.45) is 1.68. The molecule has 24 heavy (non-hydrogen) atoms. The number of H-pyrrole nitrogens is 1. The highest BCUT2D eigenvalue weighted by molar-refractivity contribution is 7.98. The van der Waals surface area contributed by atoms with Crippen molar-refractivity contribution in [3.8, 4) is 0 Å². The number of nitrogens with zero attached hydrogens (tertiary/aromatic N) is 3. The lowest BCUT2D eigenvalue weighted by molar-refractivity contribution is 0.382. The normalized spacial score (nSPS) is 11.3. The van der Waals surface area contributed by atoms with Gasteiger partial charge in [0.1, 0.15) is 0 Å². The van der Waals surface area contributed by atoms with Crippen LogP contribution in [0.4, 0.5) is 0 Å². The molecule has 0 saturated carbocycles. The van der Waals surface area contributed by atoms with Gasteiger partial charge in [-0.1, -0.05) is 61.1 Å². The minimum absolute atomic E-state index is 0.524. The van der Waals surface area contributed by atoms with Crippen molar-refractivity contribution in [2.45, 2.75) is 44.5 Å². The van der Waals surface area contributed by atoms with Crippen LogP contribution in [0.3, 0.4) is 0 Å². The average molecular weight is 342 g/mol. The van der Waals surface area contributed by atoms with E-state index in [-0.39, 0.29) is 0 Å². The summed E-state index contributed by atoms with van der Waals surface area (Å²) in [5.74, 6) is 2.58. The summed E-state index contributed by atoms with van der Waals surface area (Å²) in [6.45, 7) is 6.35. The molecule has 0 fully saturated rings. The Hall–Kier alpha value is -2.08. The lowest BCUT2D eigenvalue weighted by Crippen LogP contribution is -1.96. The second kappa shape index (κ2) is 7.66. The van der Waals surface area contributed by atoms with E-state index in [2.05, 4.69) is 60.2 Å². The van der Waals surface area contributed by atoms with Gasteiger partial charge in [-0.15, -0.1) is 0 Å². The first kappa shape index (κ1) is 16.8. The second-order valence-corrected chi connectivity index (χ2v) is 7.23. The van der Waals surface area contributed by atoms with E-state index in [1.165, 1.54) is 5.56 Å². The summed E-state index contributed by atoms with van der Waals surface area (Å²) in [4.78, 5) is 12.5. The molecule has 0 aliphatic carbocycles. The summed E-state index contributed by atoms with van der Waals surface area (Å²) < 4.78 is 5.30. The van der Waals surface area contributed by atoms with E-state index < -0.39 is 0 Å². The number of thioether (sulfide) groups is 1. The molecule has 3 rings (SSSR count). The van der Waals surface area contributed by atoms with E-state index in [9.17, 15) is 0 Å². The monoisotopic (exact) mass is 342 g/mol. The Morgan fingerprint density at radius 2 is 1.96 bits per heavy atom. The molecule has 0 radical (unpaired) electrons. The highest BCUT2D eigenvalue weighted by Gasteiger charge is 2.12. The Bertz CT molecular complexity index is 779. The van der Waals surface area contributed by atoms with Crippen LogP contribution in [0, 0.1) is 12.8 Å². The van der Waals surface area contributed by atoms with Gasteiger partial charge in [-0.05, 0) is 18.4 Å². The average Bonchev–Trinajstić information content (AvgIpc) is 3.13. The number of imidazole rings is 1. The molecule has 5 nitrogen and oxygen atoms in total. The second-order valence-electron chi connectivity index (χ2n) is 6.27. The predicted molar refractivity (Wildman–Crippen MR) is 95.0 cm³/mol. The van der Waals surface area contributed by atoms with E-state index >= 15 is 0 Å². The van der Waals surface area contributed by atoms with Gasteiger partial charge in [0, 0.05) is 18.5 Å². The third kappa shape index (κ3) is 4.47. The number of aromatic amines is 1. The molecule has 3 aromatic rings. The molecule has 2 heterocycles. The maximum atomic E-state index is 5.30. The van der Waals surface area contributed by atoms with Crippen LogP contribution in [-0.2, 0) is 18.6 Å². The molecule has 0 bridgehead atoms. The maximum absolute atomic E-state index is 5.30. The molecule has 0 atom stereocenters. The van der Waals surface area contributed by atoms with Gasteiger partial charge in [-0.3, -0.25) is 0 Å². The Labute approximate surface area is 146 Å². The fourth-order valence-electron chi connectivity index (χ4n) is 2.42. The van der Waals surface area contributed by atoms with Gasteiger partial charge in [0.05, 0.1) is 11.4 Å². The van der Waals surface area contributed by atoms with Crippen LogP contribution >= 0.6 is 11.8 Å². The Balaban J connectivity index is 1.60. The Morgan fingerprint density at radius 1 is 1.17 bits per heavy atom. The summed E-state index contributed by atoms with van der Waals surface area (Å²) >= 11 is 1.59. The summed E-state index contributed by atoms with van der Waals surface area (Å²) in [5.41, 5.74) is 3.45. The smallest absolute Gasteiger partial charge is 0.237 e. The molecule has 1 aromatic carbocycles. The first-order chi connectivity index (χ1) is 11.6. The zero-order chi connectivity index (χ0) is 16.9. The van der Waals surface area contributed by atoms with E-state index in [4.69, 9.17) is 9.51 Å². The van der Waals surface area contributed by atoms with Crippen LogP contribution in [0.15, 0.2) is 40.0 Å². The SMILES string of the molecule is Cc1[nH]c(SCc2nc(CC(C)C)no2)nc1Cc1ccccc1. The standard InChI is InChI=1S/C18H22N4OS/c1-12(2)9-16-21-17(23-22-16)11-24-18-19-13(3)15(20-18)10-14-7-5-4-6-8-14/h4-8,12H,9-11H2,1-3H3,(H,19,20). The Morgan fingerprint density at radius 3 is 2.71 bits per heavy atom. The van der Waals surface area contributed by atoms with Gasteiger partial charge in [0.25, 0.3) is 0 Å². The van der Waals surface area contributed by atoms with Gasteiger partial charge in [-0.25, -0.2) is 4.98 Å². The van der Waals surface area contributed by atoms with Crippen molar-refractivity contribution in [1.82, 2.24) is 20.1 Å². The van der Waals surface area contributed by atoms with Crippen molar-refractivity contribution in [2.75, 3.05) is 0 Å². The highest BCUT2D eigenvalue weighted by Crippen LogP contribution is 2.22. The third-order valence-corrected chi connectivity index (χ3v) is 4.47. The third-order valence-electron chi connectivity index (χ3n) is 3.61. The first-order valence-corrected chi connectivity index (χ1v) is 9.12. The van der Waals surface area contributed by atoms with Gasteiger partial charge in [0.15, 0.2) is 11.0 Å². The van der Waals surface area contributed by atoms with Crippen molar-refractivity contribution >= 4 is 11.8 Å². The van der Waals surface area contributed by atoms with Crippen LogP contribution in [0.5, 0.6) is 0 Å². The minimum atomic E-state index is 0.524. The van der Waals surface area contributed by atoms with E-state index in [1.54, 1.807) is 11.8 Å². The number of rotatable bonds is 7. The molecule has 0 spiro atoms. The molecule has 0 amide bonds. The zero-order valence-corrected chi connectivity index (χ0v) is 15.1. The van der Waals surface area contributed by atoms with Crippen molar-refractivity contribution in [2.24, 2.45) is 5.92 Å². The number of aryl methyl sites for hydroxylation is 1. The molecular weight excluding hydrogens is 320 g/mol. The molecule has 0 aliphatic heterocycles. The lowest BCUT2D eigenvalue weighted by Gasteiger charge is -1.98. The molecule has 126 valence electrons. The van der Waals surface area contributed by atoms with Crippen LogP contribution in [-0.4, -0.2) is 20.1 Å². The van der Waals surface area contributed by atoms with Crippen molar-refractivity contribution in [3.63, 3.8) is 0 Å². The number of hydrogen-bond acceptors (Lipinski definition) is 5. The number of nitrogens with one attached hydrogen (secondary N) is 1. The van der Waals surface area contributed by atoms with Gasteiger partial charge >= 0.3 is 0 Å². The van der Waals surface area contributed by atoms with Crippen LogP contribution < -0.4 is 0 Å². The molecule has 0 aliphatic rings. The highest BCUT2D eigenvalue weighted by atomic mass is 32.2. The van der Waals surface area contributed by atoms with E-state index in [0.29, 0.717) is 17.6 Å². The summed E-state index contributed by atoms with van der Waals surface area (Å²) in [5, 5.41) is 4.91.